The topological polar surface area (TPSA) is 85.5 Å². The molecule has 1 aromatic carbocycles. The van der Waals surface area contributed by atoms with Crippen molar-refractivity contribution in [3.05, 3.63) is 28.6 Å². The van der Waals surface area contributed by atoms with Crippen molar-refractivity contribution in [2.75, 3.05) is 7.11 Å². The van der Waals surface area contributed by atoms with Crippen LogP contribution in [0.5, 0.6) is 5.75 Å². The SMILES string of the molecule is COc1ccc(-c2nnc(CCCCC(=O)O)o2)cc1Br. The molecule has 112 valence electrons. The van der Waals surface area contributed by atoms with Crippen molar-refractivity contribution in [1.29, 1.82) is 0 Å². The van der Waals surface area contributed by atoms with Crippen molar-refractivity contribution < 1.29 is 19.1 Å². The first-order valence-electron chi connectivity index (χ1n) is 6.48. The van der Waals surface area contributed by atoms with Crippen LogP contribution in [0.1, 0.15) is 25.2 Å². The fraction of sp³-hybridized carbons (Fsp3) is 0.357. The van der Waals surface area contributed by atoms with Crippen molar-refractivity contribution in [2.45, 2.75) is 25.7 Å². The molecular formula is C14H15BrN2O4. The molecule has 1 N–H and O–H groups in total. The Morgan fingerprint density at radius 3 is 2.86 bits per heavy atom. The van der Waals surface area contributed by atoms with Crippen LogP contribution in [0.15, 0.2) is 27.1 Å². The van der Waals surface area contributed by atoms with E-state index >= 15 is 0 Å². The molecule has 0 unspecified atom stereocenters. The third-order valence-electron chi connectivity index (χ3n) is 2.90. The number of aromatic nitrogens is 2. The molecule has 6 nitrogen and oxygen atoms in total. The number of carbonyl (C=O) groups is 1. The van der Waals surface area contributed by atoms with Gasteiger partial charge in [-0.15, -0.1) is 10.2 Å². The average molecular weight is 355 g/mol. The summed E-state index contributed by atoms with van der Waals surface area (Å²) in [6.45, 7) is 0. The number of carboxylic acid groups (broad SMARTS) is 1. The number of hydrogen-bond donors (Lipinski definition) is 1. The molecule has 2 aromatic rings. The maximum atomic E-state index is 10.4. The molecule has 0 radical (unpaired) electrons. The van der Waals surface area contributed by atoms with Crippen molar-refractivity contribution in [1.82, 2.24) is 10.2 Å². The lowest BCUT2D eigenvalue weighted by atomic mass is 10.2. The predicted molar refractivity (Wildman–Crippen MR) is 79.2 cm³/mol. The van der Waals surface area contributed by atoms with Gasteiger partial charge in [0.25, 0.3) is 0 Å². The zero-order valence-corrected chi connectivity index (χ0v) is 13.1. The van der Waals surface area contributed by atoms with Crippen LogP contribution >= 0.6 is 15.9 Å². The molecule has 0 saturated heterocycles. The average Bonchev–Trinajstić information content (AvgIpc) is 2.92. The Balaban J connectivity index is 1.99. The second kappa shape index (κ2) is 7.21. The van der Waals surface area contributed by atoms with Crippen LogP contribution in [0.3, 0.4) is 0 Å². The quantitative estimate of drug-likeness (QED) is 0.767. The van der Waals surface area contributed by atoms with Gasteiger partial charge >= 0.3 is 5.97 Å². The standard InChI is InChI=1S/C14H15BrN2O4/c1-20-11-7-6-9(8-10(11)15)14-17-16-12(21-14)4-2-3-5-13(18)19/h6-8H,2-5H2,1H3,(H,18,19). The first kappa shape index (κ1) is 15.5. The zero-order chi connectivity index (χ0) is 15.2. The van der Waals surface area contributed by atoms with Crippen LogP contribution < -0.4 is 4.74 Å². The number of halogens is 1. The van der Waals surface area contributed by atoms with E-state index in [0.29, 0.717) is 31.0 Å². The maximum absolute atomic E-state index is 10.4. The molecule has 21 heavy (non-hydrogen) atoms. The number of hydrogen-bond acceptors (Lipinski definition) is 5. The Labute approximate surface area is 130 Å². The maximum Gasteiger partial charge on any atom is 0.303 e. The molecule has 1 heterocycles. The van der Waals surface area contributed by atoms with Gasteiger partial charge < -0.3 is 14.3 Å². The van der Waals surface area contributed by atoms with Crippen LogP contribution in [0, 0.1) is 0 Å². The van der Waals surface area contributed by atoms with Crippen molar-refractivity contribution >= 4 is 21.9 Å². The number of nitrogens with zero attached hydrogens (tertiary/aromatic N) is 2. The summed E-state index contributed by atoms with van der Waals surface area (Å²) in [4.78, 5) is 10.4. The highest BCUT2D eigenvalue weighted by Gasteiger charge is 2.11. The molecule has 0 aliphatic rings. The van der Waals surface area contributed by atoms with Gasteiger partial charge in [-0.25, -0.2) is 0 Å². The molecule has 2 rings (SSSR count). The number of carboxylic acids is 1. The van der Waals surface area contributed by atoms with Gasteiger partial charge in [-0.05, 0) is 47.0 Å². The number of aliphatic carboxylic acids is 1. The zero-order valence-electron chi connectivity index (χ0n) is 11.5. The summed E-state index contributed by atoms with van der Waals surface area (Å²) >= 11 is 3.41. The third-order valence-corrected chi connectivity index (χ3v) is 3.52. The summed E-state index contributed by atoms with van der Waals surface area (Å²) in [5.41, 5.74) is 0.798. The largest absolute Gasteiger partial charge is 0.496 e. The number of aryl methyl sites for hydroxylation is 1. The minimum atomic E-state index is -0.788. The summed E-state index contributed by atoms with van der Waals surface area (Å²) in [5.74, 6) is 0.894. The van der Waals surface area contributed by atoms with E-state index in [0.717, 1.165) is 15.8 Å². The van der Waals surface area contributed by atoms with Crippen molar-refractivity contribution in [3.63, 3.8) is 0 Å². The van der Waals surface area contributed by atoms with Gasteiger partial charge in [0.15, 0.2) is 0 Å². The Hall–Kier alpha value is -1.89. The van der Waals surface area contributed by atoms with Gasteiger partial charge in [0.2, 0.25) is 11.8 Å². The summed E-state index contributed by atoms with van der Waals surface area (Å²) in [5, 5.41) is 16.5. The summed E-state index contributed by atoms with van der Waals surface area (Å²) in [6, 6.07) is 5.50. The second-order valence-electron chi connectivity index (χ2n) is 4.45. The minimum Gasteiger partial charge on any atom is -0.496 e. The fourth-order valence-corrected chi connectivity index (χ4v) is 2.36. The summed E-state index contributed by atoms with van der Waals surface area (Å²) < 4.78 is 11.5. The molecule has 1 aromatic heterocycles. The number of unbranched alkanes of at least 4 members (excludes halogenated alkanes) is 1. The lowest BCUT2D eigenvalue weighted by molar-refractivity contribution is -0.137. The van der Waals surface area contributed by atoms with Crippen LogP contribution in [-0.2, 0) is 11.2 Å². The molecule has 0 atom stereocenters. The van der Waals surface area contributed by atoms with E-state index in [-0.39, 0.29) is 6.42 Å². The van der Waals surface area contributed by atoms with E-state index in [4.69, 9.17) is 14.3 Å². The highest BCUT2D eigenvalue weighted by Crippen LogP contribution is 2.30. The summed E-state index contributed by atoms with van der Waals surface area (Å²) in [6.07, 6.45) is 2.05. The van der Waals surface area contributed by atoms with E-state index < -0.39 is 5.97 Å². The number of ether oxygens (including phenoxy) is 1. The molecule has 0 saturated carbocycles. The minimum absolute atomic E-state index is 0.159. The van der Waals surface area contributed by atoms with E-state index in [2.05, 4.69) is 26.1 Å². The predicted octanol–water partition coefficient (Wildman–Crippen LogP) is 3.31. The Morgan fingerprint density at radius 2 is 2.19 bits per heavy atom. The highest BCUT2D eigenvalue weighted by atomic mass is 79.9. The molecular weight excluding hydrogens is 340 g/mol. The lowest BCUT2D eigenvalue weighted by Gasteiger charge is -2.03. The Morgan fingerprint density at radius 1 is 1.38 bits per heavy atom. The molecule has 7 heteroatoms. The van der Waals surface area contributed by atoms with Gasteiger partial charge in [0.05, 0.1) is 11.6 Å². The van der Waals surface area contributed by atoms with E-state index in [9.17, 15) is 4.79 Å². The monoisotopic (exact) mass is 354 g/mol. The highest BCUT2D eigenvalue weighted by molar-refractivity contribution is 9.10. The Kier molecular flexibility index (Phi) is 5.32. The third kappa shape index (κ3) is 4.29. The van der Waals surface area contributed by atoms with Crippen LogP contribution in [0.4, 0.5) is 0 Å². The van der Waals surface area contributed by atoms with Crippen LogP contribution in [-0.4, -0.2) is 28.4 Å². The summed E-state index contributed by atoms with van der Waals surface area (Å²) in [7, 11) is 1.60. The van der Waals surface area contributed by atoms with E-state index in [1.807, 2.05) is 18.2 Å². The first-order valence-corrected chi connectivity index (χ1v) is 7.27. The second-order valence-corrected chi connectivity index (χ2v) is 5.31. The number of methoxy groups -OCH3 is 1. The van der Waals surface area contributed by atoms with Crippen molar-refractivity contribution in [3.8, 4) is 17.2 Å². The van der Waals surface area contributed by atoms with Crippen LogP contribution in [0.2, 0.25) is 0 Å². The van der Waals surface area contributed by atoms with E-state index in [1.165, 1.54) is 0 Å². The Bertz CT molecular complexity index is 627. The number of rotatable bonds is 7. The van der Waals surface area contributed by atoms with Gasteiger partial charge in [0, 0.05) is 18.4 Å². The number of benzene rings is 1. The normalized spacial score (nSPS) is 10.6. The molecule has 0 fully saturated rings. The van der Waals surface area contributed by atoms with Gasteiger partial charge in [-0.1, -0.05) is 0 Å². The molecule has 0 amide bonds. The molecule has 0 aliphatic heterocycles. The molecule has 0 aliphatic carbocycles. The smallest absolute Gasteiger partial charge is 0.303 e. The molecule has 0 spiro atoms. The van der Waals surface area contributed by atoms with Crippen LogP contribution in [0.25, 0.3) is 11.5 Å². The fourth-order valence-electron chi connectivity index (χ4n) is 1.82. The lowest BCUT2D eigenvalue weighted by Crippen LogP contribution is -1.95. The van der Waals surface area contributed by atoms with E-state index in [1.54, 1.807) is 7.11 Å². The van der Waals surface area contributed by atoms with Crippen molar-refractivity contribution in [2.24, 2.45) is 0 Å². The molecule has 0 bridgehead atoms. The van der Waals surface area contributed by atoms with Gasteiger partial charge in [0.1, 0.15) is 5.75 Å². The van der Waals surface area contributed by atoms with Gasteiger partial charge in [-0.3, -0.25) is 4.79 Å². The van der Waals surface area contributed by atoms with Gasteiger partial charge in [-0.2, -0.15) is 0 Å². The first-order chi connectivity index (χ1) is 10.1.